The third kappa shape index (κ3) is 3.49. The quantitative estimate of drug-likeness (QED) is 0.801. The standard InChI is InChI=1S/C12H16ClNO3S2/c1-2-3-9-4-5-14(7-9)12(15)10-6-11(18-8-10)19(13,16)17/h6,8-9H,2-5,7H2,1H3. The molecule has 106 valence electrons. The van der Waals surface area contributed by atoms with Crippen LogP contribution in [0.2, 0.25) is 0 Å². The SMILES string of the molecule is CCCC1CCN(C(=O)c2csc(S(=O)(=O)Cl)c2)C1. The number of carbonyl (C=O) groups excluding carboxylic acids is 1. The van der Waals surface area contributed by atoms with Gasteiger partial charge in [-0.1, -0.05) is 13.3 Å². The summed E-state index contributed by atoms with van der Waals surface area (Å²) in [5.74, 6) is 0.477. The van der Waals surface area contributed by atoms with Crippen molar-refractivity contribution in [2.24, 2.45) is 5.92 Å². The van der Waals surface area contributed by atoms with Crippen molar-refractivity contribution in [2.45, 2.75) is 30.4 Å². The number of amides is 1. The van der Waals surface area contributed by atoms with E-state index in [4.69, 9.17) is 10.7 Å². The zero-order valence-corrected chi connectivity index (χ0v) is 13.0. The van der Waals surface area contributed by atoms with Crippen LogP contribution in [0.15, 0.2) is 15.7 Å². The Morgan fingerprint density at radius 1 is 1.58 bits per heavy atom. The second-order valence-electron chi connectivity index (χ2n) is 4.79. The number of thiophene rings is 1. The fourth-order valence-electron chi connectivity index (χ4n) is 2.40. The predicted molar refractivity (Wildman–Crippen MR) is 76.3 cm³/mol. The van der Waals surface area contributed by atoms with Crippen molar-refractivity contribution in [3.63, 3.8) is 0 Å². The summed E-state index contributed by atoms with van der Waals surface area (Å²) in [6, 6.07) is 1.36. The molecule has 1 fully saturated rings. The molecule has 1 unspecified atom stereocenters. The van der Waals surface area contributed by atoms with E-state index >= 15 is 0 Å². The van der Waals surface area contributed by atoms with Crippen molar-refractivity contribution in [2.75, 3.05) is 13.1 Å². The van der Waals surface area contributed by atoms with Gasteiger partial charge in [-0.2, -0.15) is 0 Å². The van der Waals surface area contributed by atoms with Gasteiger partial charge in [-0.25, -0.2) is 8.42 Å². The van der Waals surface area contributed by atoms with E-state index in [2.05, 4.69) is 6.92 Å². The maximum Gasteiger partial charge on any atom is 0.270 e. The smallest absolute Gasteiger partial charge is 0.270 e. The molecule has 4 nitrogen and oxygen atoms in total. The van der Waals surface area contributed by atoms with Crippen LogP contribution in [0.5, 0.6) is 0 Å². The molecule has 0 N–H and O–H groups in total. The number of halogens is 1. The summed E-state index contributed by atoms with van der Waals surface area (Å²) < 4.78 is 22.4. The molecule has 2 heterocycles. The average Bonchev–Trinajstić information content (AvgIpc) is 2.96. The van der Waals surface area contributed by atoms with E-state index in [-0.39, 0.29) is 10.1 Å². The van der Waals surface area contributed by atoms with Gasteiger partial charge in [0.2, 0.25) is 0 Å². The number of nitrogens with zero attached hydrogens (tertiary/aromatic N) is 1. The maximum absolute atomic E-state index is 12.2. The molecule has 0 bridgehead atoms. The van der Waals surface area contributed by atoms with Gasteiger partial charge < -0.3 is 4.90 Å². The Bertz CT molecular complexity index is 567. The third-order valence-corrected chi connectivity index (χ3v) is 6.37. The largest absolute Gasteiger partial charge is 0.338 e. The molecule has 19 heavy (non-hydrogen) atoms. The molecular formula is C12H16ClNO3S2. The number of carbonyl (C=O) groups is 1. The van der Waals surface area contributed by atoms with Crippen LogP contribution in [0.25, 0.3) is 0 Å². The molecule has 1 aromatic rings. The molecule has 0 aromatic carbocycles. The summed E-state index contributed by atoms with van der Waals surface area (Å²) in [5.41, 5.74) is 0.418. The summed E-state index contributed by atoms with van der Waals surface area (Å²) in [6.07, 6.45) is 3.29. The van der Waals surface area contributed by atoms with Gasteiger partial charge in [-0.05, 0) is 24.8 Å². The van der Waals surface area contributed by atoms with Crippen molar-refractivity contribution in [3.05, 3.63) is 17.0 Å². The van der Waals surface area contributed by atoms with Crippen molar-refractivity contribution < 1.29 is 13.2 Å². The number of hydrogen-bond donors (Lipinski definition) is 0. The van der Waals surface area contributed by atoms with Gasteiger partial charge in [-0.15, -0.1) is 11.3 Å². The lowest BCUT2D eigenvalue weighted by Crippen LogP contribution is -2.28. The maximum atomic E-state index is 12.2. The van der Waals surface area contributed by atoms with Crippen molar-refractivity contribution in [1.29, 1.82) is 0 Å². The van der Waals surface area contributed by atoms with Crippen LogP contribution < -0.4 is 0 Å². The Hall–Kier alpha value is -0.590. The normalized spacial score (nSPS) is 19.9. The number of likely N-dealkylation sites (tertiary alicyclic amines) is 1. The molecule has 0 aliphatic carbocycles. The molecule has 2 rings (SSSR count). The van der Waals surface area contributed by atoms with Crippen LogP contribution in [0, 0.1) is 5.92 Å². The molecule has 1 amide bonds. The summed E-state index contributed by atoms with van der Waals surface area (Å²) >= 11 is 0.987. The summed E-state index contributed by atoms with van der Waals surface area (Å²) in [7, 11) is 1.52. The summed E-state index contributed by atoms with van der Waals surface area (Å²) in [5, 5.41) is 1.56. The predicted octanol–water partition coefficient (Wildman–Crippen LogP) is 2.94. The first-order valence-corrected chi connectivity index (χ1v) is 9.43. The zero-order chi connectivity index (χ0) is 14.0. The highest BCUT2D eigenvalue weighted by molar-refractivity contribution is 8.15. The van der Waals surface area contributed by atoms with E-state index in [1.54, 1.807) is 10.3 Å². The molecular weight excluding hydrogens is 306 g/mol. The Labute approximate surface area is 121 Å². The van der Waals surface area contributed by atoms with Crippen molar-refractivity contribution in [3.8, 4) is 0 Å². The van der Waals surface area contributed by atoms with E-state index in [9.17, 15) is 13.2 Å². The first-order valence-electron chi connectivity index (χ1n) is 6.24. The summed E-state index contributed by atoms with van der Waals surface area (Å²) in [4.78, 5) is 14.0. The molecule has 0 spiro atoms. The van der Waals surface area contributed by atoms with Crippen LogP contribution in [0.4, 0.5) is 0 Å². The fraction of sp³-hybridized carbons (Fsp3) is 0.583. The van der Waals surface area contributed by atoms with Crippen LogP contribution in [0.3, 0.4) is 0 Å². The summed E-state index contributed by atoms with van der Waals surface area (Å²) in [6.45, 7) is 3.66. The molecule has 1 aromatic heterocycles. The highest BCUT2D eigenvalue weighted by atomic mass is 35.7. The second kappa shape index (κ2) is 5.81. The topological polar surface area (TPSA) is 54.5 Å². The van der Waals surface area contributed by atoms with E-state index < -0.39 is 9.05 Å². The van der Waals surface area contributed by atoms with Crippen molar-refractivity contribution in [1.82, 2.24) is 4.90 Å². The lowest BCUT2D eigenvalue weighted by Gasteiger charge is -2.15. The van der Waals surface area contributed by atoms with Gasteiger partial charge in [0.15, 0.2) is 0 Å². The third-order valence-electron chi connectivity index (χ3n) is 3.33. The minimum Gasteiger partial charge on any atom is -0.338 e. The van der Waals surface area contributed by atoms with Gasteiger partial charge >= 0.3 is 0 Å². The van der Waals surface area contributed by atoms with Crippen molar-refractivity contribution >= 4 is 37.0 Å². The molecule has 1 aliphatic rings. The lowest BCUT2D eigenvalue weighted by molar-refractivity contribution is 0.0787. The van der Waals surface area contributed by atoms with E-state index in [1.807, 2.05) is 0 Å². The Balaban J connectivity index is 2.07. The monoisotopic (exact) mass is 321 g/mol. The molecule has 7 heteroatoms. The minimum absolute atomic E-state index is 0.0295. The van der Waals surface area contributed by atoms with Gasteiger partial charge in [0.05, 0.1) is 5.56 Å². The van der Waals surface area contributed by atoms with Gasteiger partial charge in [0.1, 0.15) is 4.21 Å². The number of rotatable bonds is 4. The highest BCUT2D eigenvalue weighted by Gasteiger charge is 2.27. The van der Waals surface area contributed by atoms with E-state index in [0.717, 1.165) is 43.7 Å². The van der Waals surface area contributed by atoms with E-state index in [1.165, 1.54) is 6.07 Å². The lowest BCUT2D eigenvalue weighted by atomic mass is 10.0. The number of hydrogen-bond acceptors (Lipinski definition) is 4. The average molecular weight is 322 g/mol. The zero-order valence-electron chi connectivity index (χ0n) is 10.6. The minimum atomic E-state index is -3.74. The van der Waals surface area contributed by atoms with Crippen LogP contribution >= 0.6 is 22.0 Å². The van der Waals surface area contributed by atoms with Gasteiger partial charge in [-0.3, -0.25) is 4.79 Å². The first kappa shape index (κ1) is 14.8. The van der Waals surface area contributed by atoms with Gasteiger partial charge in [0, 0.05) is 29.2 Å². The Kier molecular flexibility index (Phi) is 4.53. The molecule has 1 atom stereocenters. The molecule has 1 saturated heterocycles. The van der Waals surface area contributed by atoms with E-state index in [0.29, 0.717) is 11.5 Å². The first-order chi connectivity index (χ1) is 8.91. The molecule has 0 radical (unpaired) electrons. The highest BCUT2D eigenvalue weighted by Crippen LogP contribution is 2.27. The van der Waals surface area contributed by atoms with Crippen LogP contribution in [0.1, 0.15) is 36.5 Å². The second-order valence-corrected chi connectivity index (χ2v) is 8.49. The van der Waals surface area contributed by atoms with Crippen LogP contribution in [-0.2, 0) is 9.05 Å². The molecule has 0 saturated carbocycles. The Morgan fingerprint density at radius 3 is 2.89 bits per heavy atom. The molecule has 1 aliphatic heterocycles. The Morgan fingerprint density at radius 2 is 2.32 bits per heavy atom. The van der Waals surface area contributed by atoms with Crippen LogP contribution in [-0.4, -0.2) is 32.3 Å². The fourth-order valence-corrected chi connectivity index (χ4v) is 4.34. The van der Waals surface area contributed by atoms with Gasteiger partial charge in [0.25, 0.3) is 15.0 Å².